The van der Waals surface area contributed by atoms with Crippen LogP contribution in [0.1, 0.15) is 89.0 Å². The quantitative estimate of drug-likeness (QED) is 0.272. The zero-order chi connectivity index (χ0) is 32.0. The summed E-state index contributed by atoms with van der Waals surface area (Å²) in [6.07, 6.45) is 3.29. The Morgan fingerprint density at radius 2 is 1.70 bits per heavy atom. The highest BCUT2D eigenvalue weighted by atomic mass is 32.2. The Balaban J connectivity index is 1.63. The van der Waals surface area contributed by atoms with Crippen LogP contribution >= 0.6 is 11.3 Å². The summed E-state index contributed by atoms with van der Waals surface area (Å²) in [5.41, 5.74) is 2.72. The molecule has 2 amide bonds. The van der Waals surface area contributed by atoms with E-state index in [1.807, 2.05) is 13.8 Å². The van der Waals surface area contributed by atoms with Crippen LogP contribution in [0.2, 0.25) is 0 Å². The molecule has 0 spiro atoms. The van der Waals surface area contributed by atoms with Crippen molar-refractivity contribution < 1.29 is 27.5 Å². The van der Waals surface area contributed by atoms with Gasteiger partial charge in [-0.05, 0) is 75.9 Å². The summed E-state index contributed by atoms with van der Waals surface area (Å²) in [6, 6.07) is 7.68. The van der Waals surface area contributed by atoms with E-state index in [2.05, 4.69) is 10.4 Å². The number of carbonyl (C=O) groups excluding carboxylic acids is 3. The van der Waals surface area contributed by atoms with Crippen molar-refractivity contribution in [2.45, 2.75) is 78.2 Å². The summed E-state index contributed by atoms with van der Waals surface area (Å²) in [5.74, 6) is -0.847. The van der Waals surface area contributed by atoms with Crippen LogP contribution in [0, 0.1) is 13.8 Å². The first-order valence-corrected chi connectivity index (χ1v) is 17.3. The van der Waals surface area contributed by atoms with Crippen molar-refractivity contribution in [2.24, 2.45) is 0 Å². The second-order valence-electron chi connectivity index (χ2n) is 10.8. The van der Waals surface area contributed by atoms with Crippen molar-refractivity contribution in [2.75, 3.05) is 31.6 Å². The standard InChI is InChI=1S/C31H41N5O6S2/c1-6-9-16-35(17-10-7-2)44(40,41)24-13-11-23(12-14-24)28(37)32-29-27(30(38)36-22(5)19-21(4)33-36)25-15-18-34(20-26(25)43-29)31(39)42-8-3/h11-14,19H,6-10,15-18,20H2,1-5H3,(H,32,37). The number of carbonyl (C=O) groups is 3. The average molecular weight is 644 g/mol. The monoisotopic (exact) mass is 643 g/mol. The normalized spacial score (nSPS) is 13.2. The fourth-order valence-corrected chi connectivity index (χ4v) is 7.92. The van der Waals surface area contributed by atoms with E-state index in [1.165, 1.54) is 44.6 Å². The number of hydrogen-bond donors (Lipinski definition) is 1. The lowest BCUT2D eigenvalue weighted by molar-refractivity contribution is 0.0941. The van der Waals surface area contributed by atoms with E-state index in [1.54, 1.807) is 31.7 Å². The van der Waals surface area contributed by atoms with Gasteiger partial charge >= 0.3 is 6.09 Å². The van der Waals surface area contributed by atoms with Crippen LogP contribution in [0.4, 0.5) is 9.80 Å². The molecule has 1 aliphatic rings. The maximum atomic E-state index is 13.8. The second kappa shape index (κ2) is 14.5. The molecule has 13 heteroatoms. The van der Waals surface area contributed by atoms with Gasteiger partial charge in [0, 0.05) is 35.8 Å². The van der Waals surface area contributed by atoms with Crippen LogP contribution in [0.15, 0.2) is 35.2 Å². The highest BCUT2D eigenvalue weighted by Gasteiger charge is 2.32. The van der Waals surface area contributed by atoms with E-state index >= 15 is 0 Å². The lowest BCUT2D eigenvalue weighted by Crippen LogP contribution is -2.36. The van der Waals surface area contributed by atoms with Gasteiger partial charge in [-0.25, -0.2) is 17.9 Å². The van der Waals surface area contributed by atoms with Crippen LogP contribution in [-0.2, 0) is 27.7 Å². The molecule has 11 nitrogen and oxygen atoms in total. The number of amides is 2. The van der Waals surface area contributed by atoms with E-state index in [0.717, 1.165) is 36.1 Å². The molecule has 1 N–H and O–H groups in total. The van der Waals surface area contributed by atoms with Crippen LogP contribution < -0.4 is 5.32 Å². The van der Waals surface area contributed by atoms with Gasteiger partial charge < -0.3 is 15.0 Å². The molecule has 44 heavy (non-hydrogen) atoms. The van der Waals surface area contributed by atoms with Crippen molar-refractivity contribution in [1.29, 1.82) is 0 Å². The number of hydrogen-bond acceptors (Lipinski definition) is 8. The molecule has 0 radical (unpaired) electrons. The molecular weight excluding hydrogens is 603 g/mol. The minimum absolute atomic E-state index is 0.132. The van der Waals surface area contributed by atoms with Crippen molar-refractivity contribution in [1.82, 2.24) is 19.0 Å². The van der Waals surface area contributed by atoms with E-state index in [-0.39, 0.29) is 29.5 Å². The van der Waals surface area contributed by atoms with Gasteiger partial charge in [0.25, 0.3) is 11.8 Å². The molecule has 0 fully saturated rings. The van der Waals surface area contributed by atoms with Crippen LogP contribution in [0.5, 0.6) is 0 Å². The third-order valence-electron chi connectivity index (χ3n) is 7.50. The number of nitrogens with zero attached hydrogens (tertiary/aromatic N) is 4. The average Bonchev–Trinajstić information content (AvgIpc) is 3.54. The number of nitrogens with one attached hydrogen (secondary N) is 1. The summed E-state index contributed by atoms with van der Waals surface area (Å²) in [7, 11) is -3.71. The minimum Gasteiger partial charge on any atom is -0.450 e. The SMILES string of the molecule is CCCCN(CCCC)S(=O)(=O)c1ccc(C(=O)Nc2sc3c(c2C(=O)n2nc(C)cc2C)CCN(C(=O)OCC)C3)cc1. The molecule has 1 aliphatic heterocycles. The number of unbranched alkanes of at least 4 members (excludes halogenated alkanes) is 2. The molecule has 0 bridgehead atoms. The highest BCUT2D eigenvalue weighted by molar-refractivity contribution is 7.89. The van der Waals surface area contributed by atoms with Gasteiger partial charge in [0.05, 0.1) is 29.3 Å². The first-order chi connectivity index (χ1) is 21.0. The number of aryl methyl sites for hydroxylation is 2. The van der Waals surface area contributed by atoms with Gasteiger partial charge in [0.2, 0.25) is 10.0 Å². The Hall–Kier alpha value is -3.55. The van der Waals surface area contributed by atoms with E-state index in [4.69, 9.17) is 4.74 Å². The van der Waals surface area contributed by atoms with Gasteiger partial charge in [0.1, 0.15) is 5.00 Å². The molecule has 0 saturated heterocycles. The van der Waals surface area contributed by atoms with Crippen molar-refractivity contribution >= 4 is 44.3 Å². The maximum Gasteiger partial charge on any atom is 0.410 e. The van der Waals surface area contributed by atoms with Gasteiger partial charge in [-0.15, -0.1) is 11.3 Å². The number of fused-ring (bicyclic) bond motifs is 1. The Labute approximate surface area is 263 Å². The molecular formula is C31H41N5O6S2. The van der Waals surface area contributed by atoms with Crippen LogP contribution in [0.3, 0.4) is 0 Å². The minimum atomic E-state index is -3.71. The molecule has 4 rings (SSSR count). The van der Waals surface area contributed by atoms with E-state index in [9.17, 15) is 22.8 Å². The molecule has 1 aromatic carbocycles. The zero-order valence-electron chi connectivity index (χ0n) is 26.0. The predicted molar refractivity (Wildman–Crippen MR) is 170 cm³/mol. The summed E-state index contributed by atoms with van der Waals surface area (Å²) >= 11 is 1.24. The number of thiophene rings is 1. The van der Waals surface area contributed by atoms with Gasteiger partial charge in [0.15, 0.2) is 0 Å². The van der Waals surface area contributed by atoms with E-state index in [0.29, 0.717) is 48.0 Å². The Kier molecular flexibility index (Phi) is 11.0. The molecule has 2 aromatic heterocycles. The van der Waals surface area contributed by atoms with Crippen LogP contribution in [-0.4, -0.2) is 71.6 Å². The number of rotatable bonds is 12. The molecule has 0 unspecified atom stereocenters. The topological polar surface area (TPSA) is 131 Å². The van der Waals surface area contributed by atoms with Crippen molar-refractivity contribution in [3.8, 4) is 0 Å². The van der Waals surface area contributed by atoms with Crippen LogP contribution in [0.25, 0.3) is 0 Å². The summed E-state index contributed by atoms with van der Waals surface area (Å²) in [6.45, 7) is 11.2. The fraction of sp³-hybridized carbons (Fsp3) is 0.484. The number of sulfonamides is 1. The predicted octanol–water partition coefficient (Wildman–Crippen LogP) is 5.61. The maximum absolute atomic E-state index is 13.8. The van der Waals surface area contributed by atoms with Crippen molar-refractivity contribution in [3.05, 3.63) is 63.3 Å². The molecule has 238 valence electrons. The Bertz CT molecular complexity index is 1600. The summed E-state index contributed by atoms with van der Waals surface area (Å²) < 4.78 is 34.8. The molecule has 0 aliphatic carbocycles. The molecule has 3 heterocycles. The molecule has 3 aromatic rings. The number of aromatic nitrogens is 2. The lowest BCUT2D eigenvalue weighted by atomic mass is 10.0. The van der Waals surface area contributed by atoms with Gasteiger partial charge in [-0.3, -0.25) is 9.59 Å². The number of anilines is 1. The van der Waals surface area contributed by atoms with E-state index < -0.39 is 22.0 Å². The molecule has 0 saturated carbocycles. The second-order valence-corrected chi connectivity index (χ2v) is 13.9. The van der Waals surface area contributed by atoms with Crippen molar-refractivity contribution in [3.63, 3.8) is 0 Å². The first-order valence-electron chi connectivity index (χ1n) is 15.1. The third kappa shape index (κ3) is 7.22. The lowest BCUT2D eigenvalue weighted by Gasteiger charge is -2.26. The summed E-state index contributed by atoms with van der Waals surface area (Å²) in [5, 5.41) is 7.60. The zero-order valence-corrected chi connectivity index (χ0v) is 27.6. The van der Waals surface area contributed by atoms with Gasteiger partial charge in [-0.2, -0.15) is 9.40 Å². The number of benzene rings is 1. The molecule has 0 atom stereocenters. The summed E-state index contributed by atoms with van der Waals surface area (Å²) in [4.78, 5) is 42.2. The smallest absolute Gasteiger partial charge is 0.410 e. The first kappa shape index (κ1) is 33.3. The van der Waals surface area contributed by atoms with Gasteiger partial charge in [-0.1, -0.05) is 26.7 Å². The number of ether oxygens (including phenoxy) is 1. The fourth-order valence-electron chi connectivity index (χ4n) is 5.15. The third-order valence-corrected chi connectivity index (χ3v) is 10.5. The Morgan fingerprint density at radius 1 is 1.05 bits per heavy atom. The highest BCUT2D eigenvalue weighted by Crippen LogP contribution is 2.38. The largest absolute Gasteiger partial charge is 0.450 e. The Morgan fingerprint density at radius 3 is 2.27 bits per heavy atom.